The molecular formula is C21H26N2O2S. The summed E-state index contributed by atoms with van der Waals surface area (Å²) in [6, 6.07) is 10.4. The van der Waals surface area contributed by atoms with Crippen LogP contribution in [0.1, 0.15) is 47.9 Å². The van der Waals surface area contributed by atoms with Crippen molar-refractivity contribution in [2.24, 2.45) is 0 Å². The average Bonchev–Trinajstić information content (AvgIpc) is 3.14. The van der Waals surface area contributed by atoms with Gasteiger partial charge in [0.15, 0.2) is 0 Å². The molecule has 5 heteroatoms. The zero-order valence-electron chi connectivity index (χ0n) is 15.7. The van der Waals surface area contributed by atoms with E-state index in [1.54, 1.807) is 16.2 Å². The molecule has 2 amide bonds. The third-order valence-corrected chi connectivity index (χ3v) is 6.13. The van der Waals surface area contributed by atoms with E-state index in [2.05, 4.69) is 30.5 Å². The number of nitrogens with zero attached hydrogens (tertiary/aromatic N) is 2. The number of rotatable bonds is 5. The zero-order chi connectivity index (χ0) is 18.7. The summed E-state index contributed by atoms with van der Waals surface area (Å²) in [7, 11) is 0. The number of carbonyl (C=O) groups is 2. The molecule has 0 radical (unpaired) electrons. The molecule has 3 rings (SSSR count). The lowest BCUT2D eigenvalue weighted by Gasteiger charge is -2.38. The van der Waals surface area contributed by atoms with Crippen molar-refractivity contribution in [2.45, 2.75) is 39.7 Å². The summed E-state index contributed by atoms with van der Waals surface area (Å²) in [6.07, 6.45) is 1.31. The van der Waals surface area contributed by atoms with Crippen LogP contribution in [0.3, 0.4) is 0 Å². The Morgan fingerprint density at radius 1 is 1.19 bits per heavy atom. The van der Waals surface area contributed by atoms with Crippen LogP contribution in [-0.2, 0) is 16.0 Å². The van der Waals surface area contributed by atoms with Gasteiger partial charge >= 0.3 is 0 Å². The van der Waals surface area contributed by atoms with Crippen LogP contribution >= 0.6 is 11.3 Å². The molecule has 138 valence electrons. The Balaban J connectivity index is 1.94. The van der Waals surface area contributed by atoms with Gasteiger partial charge in [0.1, 0.15) is 0 Å². The maximum Gasteiger partial charge on any atom is 0.242 e. The SMILES string of the molecule is CCC(=O)N(CC)CC(=O)N1CCc2sccc2C1c1ccccc1C. The van der Waals surface area contributed by atoms with E-state index in [9.17, 15) is 9.59 Å². The van der Waals surface area contributed by atoms with Crippen LogP contribution < -0.4 is 0 Å². The van der Waals surface area contributed by atoms with Crippen LogP contribution in [0.4, 0.5) is 0 Å². The first-order valence-electron chi connectivity index (χ1n) is 9.25. The normalized spacial score (nSPS) is 16.3. The number of fused-ring (bicyclic) bond motifs is 1. The second-order valence-electron chi connectivity index (χ2n) is 6.66. The first kappa shape index (κ1) is 18.6. The van der Waals surface area contributed by atoms with Gasteiger partial charge < -0.3 is 9.80 Å². The Labute approximate surface area is 159 Å². The molecule has 26 heavy (non-hydrogen) atoms. The largest absolute Gasteiger partial charge is 0.334 e. The van der Waals surface area contributed by atoms with Crippen molar-refractivity contribution in [1.29, 1.82) is 0 Å². The lowest BCUT2D eigenvalue weighted by Crippen LogP contribution is -2.46. The number of likely N-dealkylation sites (N-methyl/N-ethyl adjacent to an activating group) is 1. The van der Waals surface area contributed by atoms with E-state index in [1.165, 1.54) is 21.6 Å². The summed E-state index contributed by atoms with van der Waals surface area (Å²) in [5.41, 5.74) is 3.59. The number of thiophene rings is 1. The smallest absolute Gasteiger partial charge is 0.242 e. The van der Waals surface area contributed by atoms with Crippen molar-refractivity contribution in [3.63, 3.8) is 0 Å². The van der Waals surface area contributed by atoms with Crippen LogP contribution in [0.2, 0.25) is 0 Å². The topological polar surface area (TPSA) is 40.6 Å². The Bertz CT molecular complexity index is 799. The molecule has 0 spiro atoms. The summed E-state index contributed by atoms with van der Waals surface area (Å²) in [5.74, 6) is 0.0558. The number of carbonyl (C=O) groups excluding carboxylic acids is 2. The van der Waals surface area contributed by atoms with Gasteiger partial charge in [-0.15, -0.1) is 11.3 Å². The van der Waals surface area contributed by atoms with Crippen LogP contribution in [0.25, 0.3) is 0 Å². The van der Waals surface area contributed by atoms with Crippen LogP contribution in [-0.4, -0.2) is 41.2 Å². The molecule has 1 aromatic heterocycles. The van der Waals surface area contributed by atoms with E-state index in [-0.39, 0.29) is 24.4 Å². The Hall–Kier alpha value is -2.14. The first-order valence-corrected chi connectivity index (χ1v) is 10.1. The van der Waals surface area contributed by atoms with Crippen molar-refractivity contribution in [3.8, 4) is 0 Å². The summed E-state index contributed by atoms with van der Waals surface area (Å²) in [6.45, 7) is 7.27. The van der Waals surface area contributed by atoms with Gasteiger partial charge in [0.05, 0.1) is 12.6 Å². The number of hydrogen-bond acceptors (Lipinski definition) is 3. The number of aryl methyl sites for hydroxylation is 1. The fraction of sp³-hybridized carbons (Fsp3) is 0.429. The minimum Gasteiger partial charge on any atom is -0.334 e. The van der Waals surface area contributed by atoms with Crippen molar-refractivity contribution >= 4 is 23.2 Å². The molecule has 0 saturated carbocycles. The van der Waals surface area contributed by atoms with Gasteiger partial charge in [-0.05, 0) is 48.4 Å². The molecule has 1 aromatic carbocycles. The zero-order valence-corrected chi connectivity index (χ0v) is 16.5. The van der Waals surface area contributed by atoms with Gasteiger partial charge in [0, 0.05) is 24.4 Å². The molecule has 0 bridgehead atoms. The predicted octanol–water partition coefficient (Wildman–Crippen LogP) is 3.79. The van der Waals surface area contributed by atoms with Crippen molar-refractivity contribution in [1.82, 2.24) is 9.80 Å². The van der Waals surface area contributed by atoms with Gasteiger partial charge in [-0.1, -0.05) is 31.2 Å². The highest BCUT2D eigenvalue weighted by atomic mass is 32.1. The predicted molar refractivity (Wildman–Crippen MR) is 105 cm³/mol. The molecule has 2 aromatic rings. The Kier molecular flexibility index (Phi) is 5.77. The average molecular weight is 371 g/mol. The van der Waals surface area contributed by atoms with Gasteiger partial charge in [0.2, 0.25) is 11.8 Å². The fourth-order valence-corrected chi connectivity index (χ4v) is 4.57. The van der Waals surface area contributed by atoms with Crippen LogP contribution in [0, 0.1) is 6.92 Å². The van der Waals surface area contributed by atoms with E-state index < -0.39 is 0 Å². The summed E-state index contributed by atoms with van der Waals surface area (Å²) in [5, 5.41) is 2.11. The highest BCUT2D eigenvalue weighted by Crippen LogP contribution is 2.38. The molecular weight excluding hydrogens is 344 g/mol. The maximum atomic E-state index is 13.1. The molecule has 4 nitrogen and oxygen atoms in total. The molecule has 0 aliphatic carbocycles. The molecule has 2 heterocycles. The maximum absolute atomic E-state index is 13.1. The lowest BCUT2D eigenvalue weighted by molar-refractivity contribution is -0.141. The van der Waals surface area contributed by atoms with Crippen LogP contribution in [0.5, 0.6) is 0 Å². The molecule has 0 saturated heterocycles. The molecule has 0 N–H and O–H groups in total. The monoisotopic (exact) mass is 370 g/mol. The second-order valence-corrected chi connectivity index (χ2v) is 7.66. The number of hydrogen-bond donors (Lipinski definition) is 0. The van der Waals surface area contributed by atoms with E-state index in [0.29, 0.717) is 19.5 Å². The van der Waals surface area contributed by atoms with Gasteiger partial charge in [-0.2, -0.15) is 0 Å². The number of benzene rings is 1. The van der Waals surface area contributed by atoms with Crippen molar-refractivity contribution < 1.29 is 9.59 Å². The second kappa shape index (κ2) is 8.04. The van der Waals surface area contributed by atoms with E-state index in [4.69, 9.17) is 0 Å². The van der Waals surface area contributed by atoms with E-state index >= 15 is 0 Å². The molecule has 1 unspecified atom stereocenters. The third-order valence-electron chi connectivity index (χ3n) is 5.13. The molecule has 1 aliphatic heterocycles. The van der Waals surface area contributed by atoms with Crippen molar-refractivity contribution in [3.05, 3.63) is 57.3 Å². The van der Waals surface area contributed by atoms with Gasteiger partial charge in [-0.25, -0.2) is 0 Å². The summed E-state index contributed by atoms with van der Waals surface area (Å²) >= 11 is 1.77. The minimum atomic E-state index is -0.0610. The van der Waals surface area contributed by atoms with Gasteiger partial charge in [0.25, 0.3) is 0 Å². The molecule has 1 aliphatic rings. The minimum absolute atomic E-state index is 0.0266. The highest BCUT2D eigenvalue weighted by Gasteiger charge is 2.34. The third kappa shape index (κ3) is 3.54. The quantitative estimate of drug-likeness (QED) is 0.803. The Morgan fingerprint density at radius 2 is 1.96 bits per heavy atom. The standard InChI is InChI=1S/C21H26N2O2S/c1-4-19(24)22(5-2)14-20(25)23-12-10-18-17(11-13-26-18)21(23)16-9-7-6-8-15(16)3/h6-9,11,13,21H,4-5,10,12,14H2,1-3H3. The van der Waals surface area contributed by atoms with Crippen molar-refractivity contribution in [2.75, 3.05) is 19.6 Å². The first-order chi connectivity index (χ1) is 12.6. The molecule has 0 fully saturated rings. The van der Waals surface area contributed by atoms with Gasteiger partial charge in [-0.3, -0.25) is 9.59 Å². The van der Waals surface area contributed by atoms with Crippen LogP contribution in [0.15, 0.2) is 35.7 Å². The summed E-state index contributed by atoms with van der Waals surface area (Å²) in [4.78, 5) is 30.2. The Morgan fingerprint density at radius 3 is 2.65 bits per heavy atom. The molecule has 1 atom stereocenters. The van der Waals surface area contributed by atoms with E-state index in [0.717, 1.165) is 6.42 Å². The van der Waals surface area contributed by atoms with E-state index in [1.807, 2.05) is 30.9 Å². The highest BCUT2D eigenvalue weighted by molar-refractivity contribution is 7.10. The number of amides is 2. The lowest BCUT2D eigenvalue weighted by atomic mass is 9.90. The summed E-state index contributed by atoms with van der Waals surface area (Å²) < 4.78 is 0. The fourth-order valence-electron chi connectivity index (χ4n) is 3.67.